The fourth-order valence-corrected chi connectivity index (χ4v) is 5.42. The van der Waals surface area contributed by atoms with Crippen LogP contribution in [0.1, 0.15) is 27.7 Å². The molecule has 1 atom stereocenters. The second-order valence-corrected chi connectivity index (χ2v) is 10.2. The van der Waals surface area contributed by atoms with Crippen molar-refractivity contribution in [1.82, 2.24) is 5.09 Å². The van der Waals surface area contributed by atoms with E-state index in [4.69, 9.17) is 16.3 Å². The van der Waals surface area contributed by atoms with Crippen LogP contribution in [0.4, 0.5) is 0 Å². The van der Waals surface area contributed by atoms with E-state index in [1.165, 1.54) is 0 Å². The molecule has 0 fully saturated rings. The van der Waals surface area contributed by atoms with Gasteiger partial charge in [-0.2, -0.15) is 0 Å². The summed E-state index contributed by atoms with van der Waals surface area (Å²) in [5, 5.41) is 3.11. The maximum atomic E-state index is 5.62. The highest BCUT2D eigenvalue weighted by Crippen LogP contribution is 2.56. The van der Waals surface area contributed by atoms with Crippen LogP contribution in [0.25, 0.3) is 0 Å². The zero-order valence-corrected chi connectivity index (χ0v) is 12.9. The van der Waals surface area contributed by atoms with E-state index in [2.05, 4.69) is 23.9 Å². The highest BCUT2D eigenvalue weighted by molar-refractivity contribution is 8.68. The van der Waals surface area contributed by atoms with Crippen LogP contribution in [-0.2, 0) is 16.3 Å². The van der Waals surface area contributed by atoms with E-state index in [9.17, 15) is 0 Å². The lowest BCUT2D eigenvalue weighted by atomic mass is 10.3. The quantitative estimate of drug-likeness (QED) is 0.417. The number of nitrogens with zero attached hydrogens (tertiary/aromatic N) is 1. The highest BCUT2D eigenvalue weighted by Gasteiger charge is 2.16. The molecule has 0 saturated heterocycles. The Kier molecular flexibility index (Phi) is 9.32. The molecule has 0 aromatic carbocycles. The molecule has 1 unspecified atom stereocenters. The molecule has 6 heteroatoms. The molecule has 0 heterocycles. The van der Waals surface area contributed by atoms with Gasteiger partial charge < -0.3 is 9.61 Å². The first kappa shape index (κ1) is 16.2. The van der Waals surface area contributed by atoms with E-state index in [0.29, 0.717) is 12.5 Å². The largest absolute Gasteiger partial charge is 0.327 e. The maximum absolute atomic E-state index is 5.62. The van der Waals surface area contributed by atoms with Gasteiger partial charge in [0.15, 0.2) is 0 Å². The Hall–Kier alpha value is 0.170. The Morgan fingerprint density at radius 2 is 2.25 bits per heavy atom. The van der Waals surface area contributed by atoms with Gasteiger partial charge in [-0.25, -0.2) is 4.99 Å². The van der Waals surface area contributed by atoms with Crippen LogP contribution in [0, 0.1) is 5.92 Å². The number of aliphatic imine (C=N–C) groups is 1. The van der Waals surface area contributed by atoms with Crippen LogP contribution in [0.5, 0.6) is 0 Å². The molecule has 0 aliphatic carbocycles. The molecule has 0 saturated carbocycles. The molecule has 0 aromatic heterocycles. The molecule has 0 bridgehead atoms. The van der Waals surface area contributed by atoms with Crippen molar-refractivity contribution in [3.8, 4) is 0 Å². The van der Waals surface area contributed by atoms with E-state index >= 15 is 0 Å². The molecule has 3 nitrogen and oxygen atoms in total. The predicted octanol–water partition coefficient (Wildman–Crippen LogP) is 3.79. The van der Waals surface area contributed by atoms with Gasteiger partial charge in [-0.15, -0.1) is 0 Å². The van der Waals surface area contributed by atoms with Crippen molar-refractivity contribution in [2.24, 2.45) is 10.9 Å². The summed E-state index contributed by atoms with van der Waals surface area (Å²) in [5.41, 5.74) is -2.00. The van der Waals surface area contributed by atoms with Gasteiger partial charge in [0.2, 0.25) is 5.62 Å². The Bertz CT molecular complexity index is 280. The van der Waals surface area contributed by atoms with Gasteiger partial charge in [0.05, 0.1) is 12.9 Å². The SMILES string of the molecule is C/C=C\N=C\NP(=S)(OCC)SCC(C)C. The van der Waals surface area contributed by atoms with Gasteiger partial charge in [0, 0.05) is 12.0 Å². The fraction of sp³-hybridized carbons (Fsp3) is 0.700. The molecular formula is C10H21N2OPS2. The number of nitrogens with one attached hydrogen (secondary N) is 1. The second kappa shape index (κ2) is 9.23. The molecule has 0 aromatic rings. The minimum Gasteiger partial charge on any atom is -0.327 e. The topological polar surface area (TPSA) is 33.6 Å². The summed E-state index contributed by atoms with van der Waals surface area (Å²) in [6, 6.07) is 0. The van der Waals surface area contributed by atoms with Crippen molar-refractivity contribution in [2.45, 2.75) is 27.7 Å². The van der Waals surface area contributed by atoms with Crippen LogP contribution < -0.4 is 5.09 Å². The van der Waals surface area contributed by atoms with E-state index in [1.54, 1.807) is 23.9 Å². The Morgan fingerprint density at radius 3 is 2.75 bits per heavy atom. The zero-order chi connectivity index (χ0) is 12.4. The number of allylic oxidation sites excluding steroid dienone is 1. The summed E-state index contributed by atoms with van der Waals surface area (Å²) < 4.78 is 5.62. The van der Waals surface area contributed by atoms with Gasteiger partial charge >= 0.3 is 0 Å². The highest BCUT2D eigenvalue weighted by atomic mass is 32.9. The lowest BCUT2D eigenvalue weighted by molar-refractivity contribution is 0.383. The number of rotatable bonds is 8. The third kappa shape index (κ3) is 8.34. The first-order valence-corrected chi connectivity index (χ1v) is 9.65. The first-order valence-electron chi connectivity index (χ1n) is 5.33. The van der Waals surface area contributed by atoms with E-state index in [-0.39, 0.29) is 0 Å². The van der Waals surface area contributed by atoms with Gasteiger partial charge in [-0.3, -0.25) is 0 Å². The molecule has 0 aliphatic rings. The number of hydrogen-bond donors (Lipinski definition) is 1. The van der Waals surface area contributed by atoms with Crippen LogP contribution in [-0.4, -0.2) is 18.7 Å². The lowest BCUT2D eigenvalue weighted by Crippen LogP contribution is -2.09. The average Bonchev–Trinajstić information content (AvgIpc) is 2.22. The van der Waals surface area contributed by atoms with E-state index in [1.807, 2.05) is 19.9 Å². The molecule has 0 rings (SSSR count). The summed E-state index contributed by atoms with van der Waals surface area (Å²) in [7, 11) is 0. The molecule has 16 heavy (non-hydrogen) atoms. The first-order chi connectivity index (χ1) is 7.54. The standard InChI is InChI=1S/C10H21N2OPS2/c1-5-7-11-9-12-14(15,13-6-2)16-8-10(3)4/h5,7,9-10H,6,8H2,1-4H3,(H,11,12,15)/b7-5-. The van der Waals surface area contributed by atoms with Crippen molar-refractivity contribution < 1.29 is 4.52 Å². The van der Waals surface area contributed by atoms with Gasteiger partial charge in [-0.05, 0) is 31.6 Å². The van der Waals surface area contributed by atoms with Gasteiger partial charge in [0.1, 0.15) is 0 Å². The van der Waals surface area contributed by atoms with Gasteiger partial charge in [-0.1, -0.05) is 31.3 Å². The molecule has 94 valence electrons. The van der Waals surface area contributed by atoms with Crippen LogP contribution in [0.3, 0.4) is 0 Å². The summed E-state index contributed by atoms with van der Waals surface area (Å²) in [4.78, 5) is 4.04. The summed E-state index contributed by atoms with van der Waals surface area (Å²) in [6.45, 7) is 8.86. The van der Waals surface area contributed by atoms with Crippen molar-refractivity contribution in [3.63, 3.8) is 0 Å². The summed E-state index contributed by atoms with van der Waals surface area (Å²) in [6.07, 6.45) is 5.21. The fourth-order valence-electron chi connectivity index (χ4n) is 0.762. The summed E-state index contributed by atoms with van der Waals surface area (Å²) >= 11 is 7.19. The number of hydrogen-bond acceptors (Lipinski definition) is 4. The molecule has 0 aliphatic heterocycles. The van der Waals surface area contributed by atoms with Crippen molar-refractivity contribution >= 4 is 35.1 Å². The van der Waals surface area contributed by atoms with Gasteiger partial charge in [0.25, 0.3) is 0 Å². The Morgan fingerprint density at radius 1 is 1.56 bits per heavy atom. The second-order valence-electron chi connectivity index (χ2n) is 3.49. The molecular weight excluding hydrogens is 259 g/mol. The monoisotopic (exact) mass is 280 g/mol. The Balaban J connectivity index is 4.26. The van der Waals surface area contributed by atoms with Crippen LogP contribution in [0.15, 0.2) is 17.3 Å². The van der Waals surface area contributed by atoms with E-state index < -0.39 is 5.62 Å². The lowest BCUT2D eigenvalue weighted by Gasteiger charge is -2.21. The molecule has 1 N–H and O–H groups in total. The van der Waals surface area contributed by atoms with Crippen molar-refractivity contribution in [1.29, 1.82) is 0 Å². The third-order valence-corrected chi connectivity index (χ3v) is 7.27. The van der Waals surface area contributed by atoms with Crippen molar-refractivity contribution in [3.05, 3.63) is 12.3 Å². The average molecular weight is 280 g/mol. The zero-order valence-electron chi connectivity index (χ0n) is 10.3. The minimum absolute atomic E-state index is 0.613. The smallest absolute Gasteiger partial charge is 0.211 e. The maximum Gasteiger partial charge on any atom is 0.211 e. The molecule has 0 radical (unpaired) electrons. The minimum atomic E-state index is -2.00. The normalized spacial score (nSPS) is 16.1. The molecule has 0 spiro atoms. The van der Waals surface area contributed by atoms with Crippen LogP contribution >= 0.6 is 17.0 Å². The van der Waals surface area contributed by atoms with Crippen LogP contribution in [0.2, 0.25) is 0 Å². The predicted molar refractivity (Wildman–Crippen MR) is 79.6 cm³/mol. The third-order valence-electron chi connectivity index (χ3n) is 1.40. The van der Waals surface area contributed by atoms with E-state index in [0.717, 1.165) is 5.75 Å². The summed E-state index contributed by atoms with van der Waals surface area (Å²) in [5.74, 6) is 1.61. The molecule has 0 amide bonds. The Labute approximate surface area is 108 Å². The van der Waals surface area contributed by atoms with Crippen molar-refractivity contribution in [2.75, 3.05) is 12.4 Å².